The minimum absolute atomic E-state index is 0.127. The minimum atomic E-state index is -3.81. The molecule has 0 amide bonds. The first-order valence-corrected chi connectivity index (χ1v) is 14.9. The molecule has 2 aliphatic rings. The Balaban J connectivity index is 1.52. The third kappa shape index (κ3) is 5.74. The van der Waals surface area contributed by atoms with E-state index in [1.54, 1.807) is 27.7 Å². The molecule has 0 unspecified atom stereocenters. The molecule has 0 bridgehead atoms. The Kier molecular flexibility index (Phi) is 8.47. The standard InChI is InChI=1S/C26H33FN6O6S/c1-4-38-18-11-19(15-32(14-18)26-28-12-17(27)13-29-26)40(34,35)16-23-30-31-25(22-9-6-10-39-22)33(23)24-20(36-2)7-5-8-21(24)37-3/h5,7-8,12-13,18-19,22H,4,6,9-11,14-16H2,1-3H3/t18-,19+,22+/m1/s1. The van der Waals surface area contributed by atoms with E-state index in [9.17, 15) is 12.8 Å². The molecule has 2 saturated heterocycles. The molecule has 12 nitrogen and oxygen atoms in total. The summed E-state index contributed by atoms with van der Waals surface area (Å²) in [6.45, 7) is 3.37. The average molecular weight is 577 g/mol. The number of aromatic nitrogens is 5. The third-order valence-corrected chi connectivity index (χ3v) is 9.12. The second kappa shape index (κ2) is 12.0. The Hall–Kier alpha value is -3.36. The number of halogens is 1. The van der Waals surface area contributed by atoms with Gasteiger partial charge in [-0.25, -0.2) is 22.8 Å². The van der Waals surface area contributed by atoms with Gasteiger partial charge in [0.2, 0.25) is 5.95 Å². The Labute approximate surface area is 232 Å². The highest BCUT2D eigenvalue weighted by atomic mass is 32.2. The second-order valence-electron chi connectivity index (χ2n) is 9.67. The zero-order valence-corrected chi connectivity index (χ0v) is 23.5. The highest BCUT2D eigenvalue weighted by Crippen LogP contribution is 2.38. The smallest absolute Gasteiger partial charge is 0.225 e. The molecule has 0 aliphatic carbocycles. The lowest BCUT2D eigenvalue weighted by Crippen LogP contribution is -2.50. The van der Waals surface area contributed by atoms with Gasteiger partial charge in [0.15, 0.2) is 27.3 Å². The molecule has 2 aliphatic heterocycles. The monoisotopic (exact) mass is 576 g/mol. The Bertz CT molecular complexity index is 1390. The number of benzene rings is 1. The van der Waals surface area contributed by atoms with Gasteiger partial charge in [-0.1, -0.05) is 6.07 Å². The highest BCUT2D eigenvalue weighted by molar-refractivity contribution is 7.91. The summed E-state index contributed by atoms with van der Waals surface area (Å²) in [5.74, 6) is 0.943. The van der Waals surface area contributed by atoms with Gasteiger partial charge in [-0.05, 0) is 38.3 Å². The number of anilines is 1. The summed E-state index contributed by atoms with van der Waals surface area (Å²) in [6.07, 6.45) is 3.28. The van der Waals surface area contributed by atoms with Crippen molar-refractivity contribution in [2.24, 2.45) is 0 Å². The zero-order valence-electron chi connectivity index (χ0n) is 22.7. The molecule has 3 aromatic rings. The molecule has 0 N–H and O–H groups in total. The van der Waals surface area contributed by atoms with Crippen molar-refractivity contribution in [3.05, 3.63) is 48.1 Å². The molecule has 216 valence electrons. The van der Waals surface area contributed by atoms with Gasteiger partial charge in [0, 0.05) is 26.3 Å². The molecule has 0 saturated carbocycles. The Morgan fingerprint density at radius 3 is 2.45 bits per heavy atom. The van der Waals surface area contributed by atoms with Crippen LogP contribution in [0, 0.1) is 5.82 Å². The molecule has 0 radical (unpaired) electrons. The number of para-hydroxylation sites is 1. The lowest BCUT2D eigenvalue weighted by molar-refractivity contribution is 0.0531. The van der Waals surface area contributed by atoms with Crippen molar-refractivity contribution < 1.29 is 31.8 Å². The highest BCUT2D eigenvalue weighted by Gasteiger charge is 2.39. The first-order chi connectivity index (χ1) is 19.3. The van der Waals surface area contributed by atoms with Crippen LogP contribution in [0.4, 0.5) is 10.3 Å². The van der Waals surface area contributed by atoms with Gasteiger partial charge in [-0.3, -0.25) is 4.57 Å². The number of rotatable bonds is 10. The molecule has 40 heavy (non-hydrogen) atoms. The Morgan fingerprint density at radius 1 is 1.10 bits per heavy atom. The van der Waals surface area contributed by atoms with Crippen molar-refractivity contribution in [3.8, 4) is 17.2 Å². The van der Waals surface area contributed by atoms with Crippen LogP contribution < -0.4 is 14.4 Å². The third-order valence-electron chi connectivity index (χ3n) is 7.10. The number of hydrogen-bond acceptors (Lipinski definition) is 11. The van der Waals surface area contributed by atoms with E-state index >= 15 is 0 Å². The van der Waals surface area contributed by atoms with Crippen molar-refractivity contribution in [3.63, 3.8) is 0 Å². The maximum absolute atomic E-state index is 14.0. The molecule has 14 heteroatoms. The quantitative estimate of drug-likeness (QED) is 0.353. The summed E-state index contributed by atoms with van der Waals surface area (Å²) in [5.41, 5.74) is 0.505. The molecule has 0 spiro atoms. The first kappa shape index (κ1) is 28.2. The van der Waals surface area contributed by atoms with Crippen LogP contribution in [-0.4, -0.2) is 85.0 Å². The molecule has 1 aromatic carbocycles. The van der Waals surface area contributed by atoms with Gasteiger partial charge in [0.25, 0.3) is 0 Å². The fraction of sp³-hybridized carbons (Fsp3) is 0.538. The zero-order chi connectivity index (χ0) is 28.3. The molecule has 2 aromatic heterocycles. The van der Waals surface area contributed by atoms with Crippen LogP contribution in [0.2, 0.25) is 0 Å². The van der Waals surface area contributed by atoms with E-state index < -0.39 is 26.7 Å². The van der Waals surface area contributed by atoms with Crippen LogP contribution in [0.15, 0.2) is 30.6 Å². The van der Waals surface area contributed by atoms with Gasteiger partial charge in [0.1, 0.15) is 29.0 Å². The maximum atomic E-state index is 14.0. The van der Waals surface area contributed by atoms with E-state index in [1.165, 1.54) is 14.2 Å². The van der Waals surface area contributed by atoms with Gasteiger partial charge in [-0.15, -0.1) is 10.2 Å². The van der Waals surface area contributed by atoms with Gasteiger partial charge in [0.05, 0.1) is 38.0 Å². The lowest BCUT2D eigenvalue weighted by atomic mass is 10.1. The fourth-order valence-electron chi connectivity index (χ4n) is 5.26. The van der Waals surface area contributed by atoms with Crippen molar-refractivity contribution >= 4 is 15.8 Å². The van der Waals surface area contributed by atoms with E-state index in [0.29, 0.717) is 49.2 Å². The van der Waals surface area contributed by atoms with E-state index in [2.05, 4.69) is 20.2 Å². The number of ether oxygens (including phenoxy) is 4. The van der Waals surface area contributed by atoms with Crippen LogP contribution in [-0.2, 0) is 25.1 Å². The lowest BCUT2D eigenvalue weighted by Gasteiger charge is -2.37. The van der Waals surface area contributed by atoms with Crippen LogP contribution >= 0.6 is 0 Å². The van der Waals surface area contributed by atoms with E-state index in [0.717, 1.165) is 25.2 Å². The summed E-state index contributed by atoms with van der Waals surface area (Å²) >= 11 is 0. The van der Waals surface area contributed by atoms with Crippen molar-refractivity contribution in [2.75, 3.05) is 45.4 Å². The molecule has 2 fully saturated rings. The molecule has 5 rings (SSSR count). The van der Waals surface area contributed by atoms with Crippen molar-refractivity contribution in [1.29, 1.82) is 0 Å². The maximum Gasteiger partial charge on any atom is 0.225 e. The van der Waals surface area contributed by atoms with Crippen molar-refractivity contribution in [1.82, 2.24) is 24.7 Å². The fourth-order valence-corrected chi connectivity index (χ4v) is 6.96. The number of nitrogens with zero attached hydrogens (tertiary/aromatic N) is 6. The van der Waals surface area contributed by atoms with E-state index in [1.807, 2.05) is 6.92 Å². The summed E-state index contributed by atoms with van der Waals surface area (Å²) in [6, 6.07) is 5.32. The summed E-state index contributed by atoms with van der Waals surface area (Å²) in [4.78, 5) is 9.83. The second-order valence-corrected chi connectivity index (χ2v) is 12.0. The minimum Gasteiger partial charge on any atom is -0.494 e. The predicted molar refractivity (Wildman–Crippen MR) is 143 cm³/mol. The Morgan fingerprint density at radius 2 is 1.82 bits per heavy atom. The first-order valence-electron chi connectivity index (χ1n) is 13.2. The topological polar surface area (TPSA) is 131 Å². The molecular weight excluding hydrogens is 543 g/mol. The number of hydrogen-bond donors (Lipinski definition) is 0. The SMILES string of the molecule is CCO[C@@H]1C[C@H](S(=O)(=O)Cc2nnc([C@@H]3CCCO3)n2-c2c(OC)cccc2OC)CN(c2ncc(F)cn2)C1. The van der Waals surface area contributed by atoms with Crippen LogP contribution in [0.5, 0.6) is 11.5 Å². The summed E-state index contributed by atoms with van der Waals surface area (Å²) in [7, 11) is -0.745. The van der Waals surface area contributed by atoms with Crippen LogP contribution in [0.25, 0.3) is 5.69 Å². The normalized spacial score (nSPS) is 21.5. The molecular formula is C26H33FN6O6S. The average Bonchev–Trinajstić information content (AvgIpc) is 3.63. The number of sulfone groups is 1. The van der Waals surface area contributed by atoms with E-state index in [4.69, 9.17) is 18.9 Å². The number of methoxy groups -OCH3 is 2. The van der Waals surface area contributed by atoms with Crippen LogP contribution in [0.3, 0.4) is 0 Å². The van der Waals surface area contributed by atoms with Gasteiger partial charge >= 0.3 is 0 Å². The molecule has 4 heterocycles. The molecule has 3 atom stereocenters. The van der Waals surface area contributed by atoms with Crippen molar-refractivity contribution in [2.45, 2.75) is 49.4 Å². The van der Waals surface area contributed by atoms with Gasteiger partial charge in [-0.2, -0.15) is 0 Å². The van der Waals surface area contributed by atoms with Gasteiger partial charge < -0.3 is 23.8 Å². The summed E-state index contributed by atoms with van der Waals surface area (Å²) < 4.78 is 66.2. The summed E-state index contributed by atoms with van der Waals surface area (Å²) in [5, 5.41) is 7.92. The predicted octanol–water partition coefficient (Wildman–Crippen LogP) is 2.66. The van der Waals surface area contributed by atoms with Crippen LogP contribution in [0.1, 0.15) is 43.9 Å². The van der Waals surface area contributed by atoms with E-state index in [-0.39, 0.29) is 30.5 Å². The largest absolute Gasteiger partial charge is 0.494 e. The number of piperidine rings is 1.